The van der Waals surface area contributed by atoms with E-state index in [0.717, 1.165) is 0 Å². The van der Waals surface area contributed by atoms with Gasteiger partial charge in [-0.2, -0.15) is 0 Å². The molecule has 12 heavy (non-hydrogen) atoms. The highest BCUT2D eigenvalue weighted by atomic mass is 19.3. The molecule has 0 aliphatic carbocycles. The Bertz CT molecular complexity index is 184. The van der Waals surface area contributed by atoms with E-state index < -0.39 is 17.8 Å². The van der Waals surface area contributed by atoms with Crippen LogP contribution in [0.2, 0.25) is 0 Å². The smallest absolute Gasteiger partial charge is 0.303 e. The first-order valence-electron chi connectivity index (χ1n) is 3.83. The fraction of sp³-hybridized carbons (Fsp3) is 0.857. The summed E-state index contributed by atoms with van der Waals surface area (Å²) < 4.78 is 25.6. The molecule has 1 rings (SSSR count). The molecular weight excluding hydrogens is 168 g/mol. The predicted octanol–water partition coefficient (Wildman–Crippen LogP) is 0.706. The first-order valence-corrected chi connectivity index (χ1v) is 3.83. The second-order valence-corrected chi connectivity index (χ2v) is 3.02. The van der Waals surface area contributed by atoms with Crippen LogP contribution in [0.1, 0.15) is 12.8 Å². The summed E-state index contributed by atoms with van der Waals surface area (Å²) >= 11 is 0. The van der Waals surface area contributed by atoms with Crippen molar-refractivity contribution in [1.82, 2.24) is 5.32 Å². The summed E-state index contributed by atoms with van der Waals surface area (Å²) in [5, 5.41) is 10.8. The van der Waals surface area contributed by atoms with Crippen molar-refractivity contribution in [3.8, 4) is 0 Å². The van der Waals surface area contributed by atoms with E-state index in [0.29, 0.717) is 0 Å². The van der Waals surface area contributed by atoms with Gasteiger partial charge in [0.15, 0.2) is 0 Å². The Labute approximate surface area is 68.8 Å². The van der Waals surface area contributed by atoms with Gasteiger partial charge in [0.25, 0.3) is 5.92 Å². The molecule has 0 aromatic carbocycles. The highest BCUT2D eigenvalue weighted by molar-refractivity contribution is 5.66. The maximum atomic E-state index is 12.8. The monoisotopic (exact) mass is 179 g/mol. The van der Waals surface area contributed by atoms with E-state index in [9.17, 15) is 13.6 Å². The first kappa shape index (κ1) is 9.38. The Morgan fingerprint density at radius 1 is 1.67 bits per heavy atom. The van der Waals surface area contributed by atoms with E-state index in [-0.39, 0.29) is 25.9 Å². The molecule has 0 saturated carbocycles. The van der Waals surface area contributed by atoms with Gasteiger partial charge in [0.2, 0.25) is 0 Å². The molecule has 0 spiro atoms. The van der Waals surface area contributed by atoms with Crippen LogP contribution >= 0.6 is 0 Å². The van der Waals surface area contributed by atoms with Gasteiger partial charge in [0.05, 0.1) is 6.54 Å². The molecule has 1 aliphatic heterocycles. The largest absolute Gasteiger partial charge is 0.481 e. The highest BCUT2D eigenvalue weighted by Crippen LogP contribution is 2.31. The molecular formula is C7H11F2NO2. The Morgan fingerprint density at radius 2 is 2.33 bits per heavy atom. The zero-order valence-corrected chi connectivity index (χ0v) is 6.52. The van der Waals surface area contributed by atoms with E-state index in [1.54, 1.807) is 0 Å². The predicted molar refractivity (Wildman–Crippen MR) is 38.2 cm³/mol. The molecule has 1 unspecified atom stereocenters. The average molecular weight is 179 g/mol. The maximum absolute atomic E-state index is 12.8. The van der Waals surface area contributed by atoms with Gasteiger partial charge in [-0.25, -0.2) is 8.78 Å². The quantitative estimate of drug-likeness (QED) is 0.670. The Kier molecular flexibility index (Phi) is 2.62. The lowest BCUT2D eigenvalue weighted by Crippen LogP contribution is -2.27. The summed E-state index contributed by atoms with van der Waals surface area (Å²) in [5.74, 6) is -4.55. The van der Waals surface area contributed by atoms with Crippen LogP contribution in [0.3, 0.4) is 0 Å². The minimum Gasteiger partial charge on any atom is -0.481 e. The molecule has 1 atom stereocenters. The van der Waals surface area contributed by atoms with E-state index >= 15 is 0 Å². The van der Waals surface area contributed by atoms with Crippen molar-refractivity contribution >= 4 is 5.97 Å². The number of carboxylic acid groups (broad SMARTS) is 1. The number of aliphatic carboxylic acids is 1. The third-order valence-corrected chi connectivity index (χ3v) is 2.06. The minimum atomic E-state index is -2.73. The number of hydrogen-bond donors (Lipinski definition) is 2. The Hall–Kier alpha value is -0.710. The molecule has 70 valence electrons. The number of carboxylic acids is 1. The van der Waals surface area contributed by atoms with Crippen molar-refractivity contribution in [2.75, 3.05) is 13.1 Å². The van der Waals surface area contributed by atoms with Crippen LogP contribution in [-0.4, -0.2) is 30.1 Å². The number of halogens is 2. The number of rotatable bonds is 3. The molecule has 5 heteroatoms. The van der Waals surface area contributed by atoms with Crippen molar-refractivity contribution in [3.05, 3.63) is 0 Å². The molecule has 2 N–H and O–H groups in total. The van der Waals surface area contributed by atoms with E-state index in [1.807, 2.05) is 0 Å². The Balaban J connectivity index is 2.36. The molecule has 0 aromatic heterocycles. The van der Waals surface area contributed by atoms with Crippen molar-refractivity contribution in [2.45, 2.75) is 18.8 Å². The Morgan fingerprint density at radius 3 is 2.75 bits per heavy atom. The van der Waals surface area contributed by atoms with Crippen LogP contribution in [0.15, 0.2) is 0 Å². The summed E-state index contributed by atoms with van der Waals surface area (Å²) in [7, 11) is 0. The number of alkyl halides is 2. The summed E-state index contributed by atoms with van der Waals surface area (Å²) in [5.41, 5.74) is 0. The SMILES string of the molecule is O=C(O)CCC1CNCC1(F)F. The van der Waals surface area contributed by atoms with Gasteiger partial charge >= 0.3 is 5.97 Å². The standard InChI is InChI=1S/C7H11F2NO2/c8-7(9)4-10-3-5(7)1-2-6(11)12/h5,10H,1-4H2,(H,11,12). The van der Waals surface area contributed by atoms with Crippen LogP contribution in [0.4, 0.5) is 8.78 Å². The number of nitrogens with one attached hydrogen (secondary N) is 1. The fourth-order valence-corrected chi connectivity index (χ4v) is 1.32. The van der Waals surface area contributed by atoms with Crippen molar-refractivity contribution < 1.29 is 18.7 Å². The summed E-state index contributed by atoms with van der Waals surface area (Å²) in [4.78, 5) is 10.1. The lowest BCUT2D eigenvalue weighted by atomic mass is 9.99. The summed E-state index contributed by atoms with van der Waals surface area (Å²) in [6, 6.07) is 0. The van der Waals surface area contributed by atoms with E-state index in [4.69, 9.17) is 5.11 Å². The number of carbonyl (C=O) groups is 1. The van der Waals surface area contributed by atoms with Crippen molar-refractivity contribution in [1.29, 1.82) is 0 Å². The van der Waals surface area contributed by atoms with Crippen LogP contribution in [-0.2, 0) is 4.79 Å². The lowest BCUT2D eigenvalue weighted by Gasteiger charge is -2.16. The second-order valence-electron chi connectivity index (χ2n) is 3.02. The zero-order valence-electron chi connectivity index (χ0n) is 6.52. The normalized spacial score (nSPS) is 27.3. The fourth-order valence-electron chi connectivity index (χ4n) is 1.32. The topological polar surface area (TPSA) is 49.3 Å². The molecule has 0 amide bonds. The van der Waals surface area contributed by atoms with Gasteiger partial charge in [-0.1, -0.05) is 0 Å². The lowest BCUT2D eigenvalue weighted by molar-refractivity contribution is -0.137. The average Bonchev–Trinajstić information content (AvgIpc) is 2.25. The van der Waals surface area contributed by atoms with Gasteiger partial charge < -0.3 is 10.4 Å². The molecule has 0 bridgehead atoms. The first-order chi connectivity index (χ1) is 5.52. The maximum Gasteiger partial charge on any atom is 0.303 e. The second kappa shape index (κ2) is 3.35. The van der Waals surface area contributed by atoms with Crippen LogP contribution < -0.4 is 5.32 Å². The molecule has 1 saturated heterocycles. The zero-order chi connectivity index (χ0) is 9.19. The minimum absolute atomic E-state index is 0.0509. The van der Waals surface area contributed by atoms with Gasteiger partial charge in [0, 0.05) is 18.9 Å². The van der Waals surface area contributed by atoms with Gasteiger partial charge in [0.1, 0.15) is 0 Å². The van der Waals surface area contributed by atoms with Crippen molar-refractivity contribution in [3.63, 3.8) is 0 Å². The summed E-state index contributed by atoms with van der Waals surface area (Å²) in [6.45, 7) is -0.0996. The van der Waals surface area contributed by atoms with Gasteiger partial charge in [-0.15, -0.1) is 0 Å². The van der Waals surface area contributed by atoms with Gasteiger partial charge in [-0.3, -0.25) is 4.79 Å². The number of hydrogen-bond acceptors (Lipinski definition) is 2. The highest BCUT2D eigenvalue weighted by Gasteiger charge is 2.43. The summed E-state index contributed by atoms with van der Waals surface area (Å²) in [6.07, 6.45) is -0.128. The van der Waals surface area contributed by atoms with Gasteiger partial charge in [-0.05, 0) is 6.42 Å². The van der Waals surface area contributed by atoms with Crippen molar-refractivity contribution in [2.24, 2.45) is 5.92 Å². The molecule has 1 aliphatic rings. The molecule has 1 fully saturated rings. The third-order valence-electron chi connectivity index (χ3n) is 2.06. The molecule has 0 aromatic rings. The van der Waals surface area contributed by atoms with E-state index in [2.05, 4.69) is 5.32 Å². The molecule has 0 radical (unpaired) electrons. The molecule has 3 nitrogen and oxygen atoms in total. The van der Waals surface area contributed by atoms with Crippen LogP contribution in [0.25, 0.3) is 0 Å². The van der Waals surface area contributed by atoms with Crippen LogP contribution in [0.5, 0.6) is 0 Å². The molecule has 1 heterocycles. The van der Waals surface area contributed by atoms with Crippen LogP contribution in [0, 0.1) is 5.92 Å². The van der Waals surface area contributed by atoms with E-state index in [1.165, 1.54) is 0 Å². The third kappa shape index (κ3) is 2.14.